The highest BCUT2D eigenvalue weighted by Crippen LogP contribution is 2.24. The molecule has 0 saturated heterocycles. The van der Waals surface area contributed by atoms with Crippen LogP contribution in [0.5, 0.6) is 0 Å². The first-order valence-electron chi connectivity index (χ1n) is 6.46. The normalized spacial score (nSPS) is 12.4. The van der Waals surface area contributed by atoms with Crippen LogP contribution in [0, 0.1) is 0 Å². The first kappa shape index (κ1) is 13.5. The molecule has 2 aromatic rings. The molecule has 5 nitrogen and oxygen atoms in total. The number of nitrogens with two attached hydrogens (primary N) is 1. The molecule has 19 heavy (non-hydrogen) atoms. The zero-order valence-corrected chi connectivity index (χ0v) is 11.7. The first-order chi connectivity index (χ1) is 9.02. The lowest BCUT2D eigenvalue weighted by Crippen LogP contribution is -2.11. The summed E-state index contributed by atoms with van der Waals surface area (Å²) in [6.07, 6.45) is 7.53. The van der Waals surface area contributed by atoms with E-state index in [4.69, 9.17) is 5.73 Å². The number of hydrogen-bond acceptors (Lipinski definition) is 4. The van der Waals surface area contributed by atoms with Crippen molar-refractivity contribution in [3.63, 3.8) is 0 Å². The number of nitrogens with zero attached hydrogens (tertiary/aromatic N) is 3. The van der Waals surface area contributed by atoms with E-state index in [-0.39, 0.29) is 5.41 Å². The molecule has 5 heteroatoms. The van der Waals surface area contributed by atoms with Crippen LogP contribution in [0.15, 0.2) is 30.6 Å². The van der Waals surface area contributed by atoms with Crippen molar-refractivity contribution < 1.29 is 0 Å². The van der Waals surface area contributed by atoms with Gasteiger partial charge in [-0.3, -0.25) is 0 Å². The van der Waals surface area contributed by atoms with Crippen molar-refractivity contribution in [3.8, 4) is 0 Å². The van der Waals surface area contributed by atoms with Crippen LogP contribution < -0.4 is 11.1 Å². The Balaban J connectivity index is 2.29. The SMILES string of the molecule is CC(C)(C)c1cc2c(NC/C=C/CN)nccn2n1. The van der Waals surface area contributed by atoms with Gasteiger partial charge in [-0.1, -0.05) is 32.9 Å². The lowest BCUT2D eigenvalue weighted by atomic mass is 9.92. The smallest absolute Gasteiger partial charge is 0.152 e. The highest BCUT2D eigenvalue weighted by Gasteiger charge is 2.18. The van der Waals surface area contributed by atoms with Crippen LogP contribution in [-0.2, 0) is 5.41 Å². The van der Waals surface area contributed by atoms with Gasteiger partial charge < -0.3 is 11.1 Å². The van der Waals surface area contributed by atoms with E-state index in [2.05, 4.69) is 42.2 Å². The monoisotopic (exact) mass is 259 g/mol. The quantitative estimate of drug-likeness (QED) is 0.824. The lowest BCUT2D eigenvalue weighted by Gasteiger charge is -2.13. The topological polar surface area (TPSA) is 68.2 Å². The Morgan fingerprint density at radius 2 is 2.16 bits per heavy atom. The molecule has 3 N–H and O–H groups in total. The molecule has 0 aliphatic carbocycles. The van der Waals surface area contributed by atoms with Gasteiger partial charge in [-0.2, -0.15) is 5.10 Å². The predicted octanol–water partition coefficient (Wildman–Crippen LogP) is 1.95. The third kappa shape index (κ3) is 3.12. The minimum atomic E-state index is 0.0305. The molecule has 2 heterocycles. The van der Waals surface area contributed by atoms with Gasteiger partial charge in [0.1, 0.15) is 5.52 Å². The molecule has 0 radical (unpaired) electrons. The van der Waals surface area contributed by atoms with E-state index < -0.39 is 0 Å². The number of aromatic nitrogens is 3. The fraction of sp³-hybridized carbons (Fsp3) is 0.429. The number of hydrogen-bond donors (Lipinski definition) is 2. The molecule has 0 bridgehead atoms. The summed E-state index contributed by atoms with van der Waals surface area (Å²) in [5, 5.41) is 7.86. The van der Waals surface area contributed by atoms with Crippen molar-refractivity contribution in [1.29, 1.82) is 0 Å². The van der Waals surface area contributed by atoms with Gasteiger partial charge in [0.15, 0.2) is 5.82 Å². The van der Waals surface area contributed by atoms with Crippen LogP contribution >= 0.6 is 0 Å². The Hall–Kier alpha value is -1.88. The summed E-state index contributed by atoms with van der Waals surface area (Å²) in [4.78, 5) is 4.36. The van der Waals surface area contributed by atoms with E-state index in [1.807, 2.05) is 22.9 Å². The maximum atomic E-state index is 5.41. The highest BCUT2D eigenvalue weighted by molar-refractivity contribution is 5.68. The minimum absolute atomic E-state index is 0.0305. The highest BCUT2D eigenvalue weighted by atomic mass is 15.2. The molecule has 0 amide bonds. The summed E-state index contributed by atoms with van der Waals surface area (Å²) in [6, 6.07) is 2.09. The summed E-state index contributed by atoms with van der Waals surface area (Å²) in [7, 11) is 0. The Morgan fingerprint density at radius 1 is 1.37 bits per heavy atom. The Labute approximate surface area is 113 Å². The first-order valence-corrected chi connectivity index (χ1v) is 6.46. The van der Waals surface area contributed by atoms with Gasteiger partial charge in [0.25, 0.3) is 0 Å². The zero-order valence-electron chi connectivity index (χ0n) is 11.7. The largest absolute Gasteiger partial charge is 0.365 e. The number of nitrogens with one attached hydrogen (secondary N) is 1. The molecule has 0 unspecified atom stereocenters. The van der Waals surface area contributed by atoms with E-state index >= 15 is 0 Å². The van der Waals surface area contributed by atoms with Gasteiger partial charge in [-0.05, 0) is 6.07 Å². The van der Waals surface area contributed by atoms with Gasteiger partial charge in [0.05, 0.1) is 5.69 Å². The summed E-state index contributed by atoms with van der Waals surface area (Å²) in [5.74, 6) is 0.840. The van der Waals surface area contributed by atoms with Crippen molar-refractivity contribution in [3.05, 3.63) is 36.3 Å². The molecule has 0 saturated carbocycles. The third-order valence-electron chi connectivity index (χ3n) is 2.85. The summed E-state index contributed by atoms with van der Waals surface area (Å²) in [5.41, 5.74) is 7.49. The molecule has 0 fully saturated rings. The summed E-state index contributed by atoms with van der Waals surface area (Å²) < 4.78 is 1.86. The van der Waals surface area contributed by atoms with Crippen molar-refractivity contribution in [1.82, 2.24) is 14.6 Å². The van der Waals surface area contributed by atoms with Gasteiger partial charge in [0, 0.05) is 30.9 Å². The number of fused-ring (bicyclic) bond motifs is 1. The molecule has 102 valence electrons. The van der Waals surface area contributed by atoms with E-state index in [1.54, 1.807) is 6.20 Å². The number of anilines is 1. The van der Waals surface area contributed by atoms with E-state index in [0.717, 1.165) is 17.0 Å². The summed E-state index contributed by atoms with van der Waals surface area (Å²) >= 11 is 0. The van der Waals surface area contributed by atoms with Crippen LogP contribution in [0.2, 0.25) is 0 Å². The molecule has 2 aromatic heterocycles. The minimum Gasteiger partial charge on any atom is -0.365 e. The Morgan fingerprint density at radius 3 is 2.84 bits per heavy atom. The summed E-state index contributed by atoms with van der Waals surface area (Å²) in [6.45, 7) is 7.72. The van der Waals surface area contributed by atoms with Crippen LogP contribution in [0.25, 0.3) is 5.52 Å². The molecule has 0 aliphatic rings. The van der Waals surface area contributed by atoms with Gasteiger partial charge in [-0.15, -0.1) is 0 Å². The molecular weight excluding hydrogens is 238 g/mol. The standard InChI is InChI=1S/C14H21N5/c1-14(2,3)12-10-11-13(16-7-5-4-6-15)17-8-9-19(11)18-12/h4-5,8-10H,6-7,15H2,1-3H3,(H,16,17)/b5-4+. The number of rotatable bonds is 4. The average molecular weight is 259 g/mol. The van der Waals surface area contributed by atoms with Crippen molar-refractivity contribution in [2.24, 2.45) is 5.73 Å². The molecule has 0 aromatic carbocycles. The zero-order chi connectivity index (χ0) is 13.9. The van der Waals surface area contributed by atoms with E-state index in [0.29, 0.717) is 13.1 Å². The van der Waals surface area contributed by atoms with Crippen LogP contribution in [-0.4, -0.2) is 27.7 Å². The van der Waals surface area contributed by atoms with Crippen LogP contribution in [0.1, 0.15) is 26.5 Å². The van der Waals surface area contributed by atoms with Crippen LogP contribution in [0.3, 0.4) is 0 Å². The van der Waals surface area contributed by atoms with Gasteiger partial charge in [-0.25, -0.2) is 9.50 Å². The predicted molar refractivity (Wildman–Crippen MR) is 78.4 cm³/mol. The maximum absolute atomic E-state index is 5.41. The van der Waals surface area contributed by atoms with Gasteiger partial charge >= 0.3 is 0 Å². The van der Waals surface area contributed by atoms with Crippen molar-refractivity contribution in [2.75, 3.05) is 18.4 Å². The second kappa shape index (κ2) is 5.40. The second-order valence-electron chi connectivity index (χ2n) is 5.47. The van der Waals surface area contributed by atoms with Crippen molar-refractivity contribution >= 4 is 11.3 Å². The Kier molecular flexibility index (Phi) is 3.85. The maximum Gasteiger partial charge on any atom is 0.152 e. The van der Waals surface area contributed by atoms with Crippen molar-refractivity contribution in [2.45, 2.75) is 26.2 Å². The second-order valence-corrected chi connectivity index (χ2v) is 5.47. The molecule has 0 spiro atoms. The molecule has 0 aliphatic heterocycles. The van der Waals surface area contributed by atoms with E-state index in [9.17, 15) is 0 Å². The van der Waals surface area contributed by atoms with Crippen LogP contribution in [0.4, 0.5) is 5.82 Å². The molecule has 2 rings (SSSR count). The average Bonchev–Trinajstić information content (AvgIpc) is 2.79. The Bertz CT molecular complexity index is 577. The molecular formula is C14H21N5. The lowest BCUT2D eigenvalue weighted by molar-refractivity contribution is 0.562. The molecule has 0 atom stereocenters. The van der Waals surface area contributed by atoms with E-state index in [1.165, 1.54) is 0 Å². The third-order valence-corrected chi connectivity index (χ3v) is 2.85. The fourth-order valence-electron chi connectivity index (χ4n) is 1.76. The fourth-order valence-corrected chi connectivity index (χ4v) is 1.76. The van der Waals surface area contributed by atoms with Gasteiger partial charge in [0.2, 0.25) is 0 Å².